The van der Waals surface area contributed by atoms with Gasteiger partial charge in [0.1, 0.15) is 11.0 Å². The van der Waals surface area contributed by atoms with Gasteiger partial charge in [-0.1, -0.05) is 19.8 Å². The van der Waals surface area contributed by atoms with Crippen LogP contribution in [0.1, 0.15) is 31.9 Å². The van der Waals surface area contributed by atoms with Crippen LogP contribution in [-0.2, 0) is 0 Å². The lowest BCUT2D eigenvalue weighted by Gasteiger charge is -2.02. The Morgan fingerprint density at radius 1 is 1.38 bits per heavy atom. The Morgan fingerprint density at radius 2 is 2.25 bits per heavy atom. The normalized spacial score (nSPS) is 10.9. The van der Waals surface area contributed by atoms with Crippen LogP contribution in [0.25, 0.3) is 11.0 Å². The van der Waals surface area contributed by atoms with Gasteiger partial charge in [-0.05, 0) is 13.3 Å². The Balaban J connectivity index is 2.04. The highest BCUT2D eigenvalue weighted by atomic mass is 16.5. The summed E-state index contributed by atoms with van der Waals surface area (Å²) in [6.07, 6.45) is 5.11. The molecule has 2 heterocycles. The largest absolute Gasteiger partial charge is 0.463 e. The molecule has 0 aliphatic rings. The second-order valence-corrected chi connectivity index (χ2v) is 3.78. The van der Waals surface area contributed by atoms with Crippen LogP contribution in [0.4, 0.5) is 0 Å². The molecule has 5 heteroatoms. The number of nitrogens with zero attached hydrogens (tertiary/aromatic N) is 3. The van der Waals surface area contributed by atoms with Crippen molar-refractivity contribution in [1.82, 2.24) is 20.2 Å². The molecule has 0 amide bonds. The number of hydrogen-bond acceptors (Lipinski definition) is 4. The molecule has 0 fully saturated rings. The van der Waals surface area contributed by atoms with E-state index < -0.39 is 0 Å². The molecule has 0 aliphatic carbocycles. The van der Waals surface area contributed by atoms with E-state index in [2.05, 4.69) is 27.1 Å². The summed E-state index contributed by atoms with van der Waals surface area (Å²) in [7, 11) is 0. The first-order valence-electron chi connectivity index (χ1n) is 5.61. The van der Waals surface area contributed by atoms with E-state index >= 15 is 0 Å². The van der Waals surface area contributed by atoms with Gasteiger partial charge in [0.25, 0.3) is 0 Å². The van der Waals surface area contributed by atoms with Crippen LogP contribution >= 0.6 is 0 Å². The van der Waals surface area contributed by atoms with E-state index in [0.29, 0.717) is 12.6 Å². The lowest BCUT2D eigenvalue weighted by Crippen LogP contribution is -2.00. The van der Waals surface area contributed by atoms with Gasteiger partial charge in [0, 0.05) is 0 Å². The lowest BCUT2D eigenvalue weighted by atomic mass is 10.3. The summed E-state index contributed by atoms with van der Waals surface area (Å²) in [5, 5.41) is 6.92. The third-order valence-corrected chi connectivity index (χ3v) is 2.43. The van der Waals surface area contributed by atoms with Gasteiger partial charge in [0.15, 0.2) is 0 Å². The quantitative estimate of drug-likeness (QED) is 0.785. The molecule has 0 spiro atoms. The van der Waals surface area contributed by atoms with Crippen molar-refractivity contribution in [3.8, 4) is 6.01 Å². The molecule has 86 valence electrons. The highest BCUT2D eigenvalue weighted by Crippen LogP contribution is 2.14. The fraction of sp³-hybridized carbons (Fsp3) is 0.545. The number of aryl methyl sites for hydroxylation is 1. The molecule has 0 atom stereocenters. The summed E-state index contributed by atoms with van der Waals surface area (Å²) in [6, 6.07) is 0.438. The van der Waals surface area contributed by atoms with Crippen molar-refractivity contribution in [2.75, 3.05) is 6.61 Å². The van der Waals surface area contributed by atoms with Gasteiger partial charge in [-0.3, -0.25) is 5.10 Å². The van der Waals surface area contributed by atoms with Crippen LogP contribution in [-0.4, -0.2) is 26.8 Å². The molecule has 0 saturated heterocycles. The second kappa shape index (κ2) is 4.92. The maximum Gasteiger partial charge on any atom is 0.317 e. The fourth-order valence-electron chi connectivity index (χ4n) is 1.51. The molecule has 0 bridgehead atoms. The molecule has 0 unspecified atom stereocenters. The molecular weight excluding hydrogens is 204 g/mol. The molecule has 0 aromatic carbocycles. The number of nitrogens with one attached hydrogen (secondary N) is 1. The smallest absolute Gasteiger partial charge is 0.317 e. The number of fused-ring (bicyclic) bond motifs is 1. The van der Waals surface area contributed by atoms with Crippen molar-refractivity contribution < 1.29 is 4.74 Å². The number of hydrogen-bond donors (Lipinski definition) is 1. The average molecular weight is 220 g/mol. The number of aromatic amines is 1. The standard InChI is InChI=1S/C11H16N4O/c1-3-4-5-6-16-11-12-7-9-10(13-11)8(2)14-15-9/h7H,3-6H2,1-2H3,(H,14,15). The van der Waals surface area contributed by atoms with Crippen LogP contribution < -0.4 is 4.74 Å². The van der Waals surface area contributed by atoms with Gasteiger partial charge < -0.3 is 4.74 Å². The third kappa shape index (κ3) is 2.29. The van der Waals surface area contributed by atoms with Crippen LogP contribution in [0.2, 0.25) is 0 Å². The zero-order valence-corrected chi connectivity index (χ0v) is 9.66. The Morgan fingerprint density at radius 3 is 3.06 bits per heavy atom. The summed E-state index contributed by atoms with van der Waals surface area (Å²) in [5.74, 6) is 0. The van der Waals surface area contributed by atoms with Gasteiger partial charge in [0.2, 0.25) is 0 Å². The van der Waals surface area contributed by atoms with Crippen molar-refractivity contribution in [3.05, 3.63) is 11.9 Å². The zero-order valence-electron chi connectivity index (χ0n) is 9.66. The maximum absolute atomic E-state index is 5.48. The summed E-state index contributed by atoms with van der Waals surface area (Å²) >= 11 is 0. The molecule has 5 nitrogen and oxygen atoms in total. The summed E-state index contributed by atoms with van der Waals surface area (Å²) in [4.78, 5) is 8.42. The van der Waals surface area contributed by atoms with E-state index in [-0.39, 0.29) is 0 Å². The molecular formula is C11H16N4O. The maximum atomic E-state index is 5.48. The third-order valence-electron chi connectivity index (χ3n) is 2.43. The van der Waals surface area contributed by atoms with Crippen molar-refractivity contribution in [1.29, 1.82) is 0 Å². The molecule has 16 heavy (non-hydrogen) atoms. The van der Waals surface area contributed by atoms with Crippen molar-refractivity contribution in [2.45, 2.75) is 33.1 Å². The summed E-state index contributed by atoms with van der Waals surface area (Å²) in [5.41, 5.74) is 2.55. The zero-order chi connectivity index (χ0) is 11.4. The first-order valence-corrected chi connectivity index (χ1v) is 5.61. The molecule has 0 aliphatic heterocycles. The summed E-state index contributed by atoms with van der Waals surface area (Å²) in [6.45, 7) is 4.75. The van der Waals surface area contributed by atoms with Gasteiger partial charge in [-0.2, -0.15) is 10.1 Å². The van der Waals surface area contributed by atoms with Crippen molar-refractivity contribution >= 4 is 11.0 Å². The van der Waals surface area contributed by atoms with Crippen LogP contribution in [0.3, 0.4) is 0 Å². The number of ether oxygens (including phenoxy) is 1. The summed E-state index contributed by atoms with van der Waals surface area (Å²) < 4.78 is 5.48. The Bertz CT molecular complexity index is 466. The lowest BCUT2D eigenvalue weighted by molar-refractivity contribution is 0.284. The highest BCUT2D eigenvalue weighted by molar-refractivity contribution is 5.75. The second-order valence-electron chi connectivity index (χ2n) is 3.78. The van der Waals surface area contributed by atoms with E-state index in [4.69, 9.17) is 4.74 Å². The first-order chi connectivity index (χ1) is 7.81. The average Bonchev–Trinajstić information content (AvgIpc) is 2.67. The Hall–Kier alpha value is -1.65. The molecule has 2 aromatic heterocycles. The van der Waals surface area contributed by atoms with E-state index in [1.54, 1.807) is 6.20 Å². The van der Waals surface area contributed by atoms with Crippen molar-refractivity contribution in [2.24, 2.45) is 0 Å². The molecule has 2 aromatic rings. The number of H-pyrrole nitrogens is 1. The SMILES string of the molecule is CCCCCOc1ncc2[nH]nc(C)c2n1. The minimum atomic E-state index is 0.438. The number of aromatic nitrogens is 4. The van der Waals surface area contributed by atoms with Crippen LogP contribution in [0.5, 0.6) is 6.01 Å². The topological polar surface area (TPSA) is 63.7 Å². The van der Waals surface area contributed by atoms with Crippen LogP contribution in [0, 0.1) is 6.92 Å². The number of unbranched alkanes of at least 4 members (excludes halogenated alkanes) is 2. The monoisotopic (exact) mass is 220 g/mol. The van der Waals surface area contributed by atoms with Gasteiger partial charge in [-0.15, -0.1) is 0 Å². The van der Waals surface area contributed by atoms with Gasteiger partial charge >= 0.3 is 6.01 Å². The predicted molar refractivity (Wildman–Crippen MR) is 61.4 cm³/mol. The minimum Gasteiger partial charge on any atom is -0.463 e. The van der Waals surface area contributed by atoms with E-state index in [1.165, 1.54) is 12.8 Å². The first kappa shape index (κ1) is 10.9. The van der Waals surface area contributed by atoms with Crippen LogP contribution in [0.15, 0.2) is 6.20 Å². The minimum absolute atomic E-state index is 0.438. The molecule has 1 N–H and O–H groups in total. The fourth-order valence-corrected chi connectivity index (χ4v) is 1.51. The molecule has 0 saturated carbocycles. The van der Waals surface area contributed by atoms with Crippen molar-refractivity contribution in [3.63, 3.8) is 0 Å². The van der Waals surface area contributed by atoms with E-state index in [1.807, 2.05) is 6.92 Å². The molecule has 0 radical (unpaired) electrons. The van der Waals surface area contributed by atoms with Gasteiger partial charge in [-0.25, -0.2) is 4.98 Å². The number of rotatable bonds is 5. The highest BCUT2D eigenvalue weighted by Gasteiger charge is 2.05. The Labute approximate surface area is 94.3 Å². The Kier molecular flexibility index (Phi) is 3.34. The van der Waals surface area contributed by atoms with E-state index in [9.17, 15) is 0 Å². The molecule has 2 rings (SSSR count). The van der Waals surface area contributed by atoms with Gasteiger partial charge in [0.05, 0.1) is 18.5 Å². The van der Waals surface area contributed by atoms with E-state index in [0.717, 1.165) is 23.1 Å². The predicted octanol–water partition coefficient (Wildman–Crippen LogP) is 2.23.